The molecule has 0 unspecified atom stereocenters. The van der Waals surface area contributed by atoms with Crippen molar-refractivity contribution in [3.05, 3.63) is 23.8 Å². The zero-order chi connectivity index (χ0) is 16.3. The predicted molar refractivity (Wildman–Crippen MR) is 79.5 cm³/mol. The maximum atomic E-state index is 12.7. The van der Waals surface area contributed by atoms with Crippen molar-refractivity contribution in [2.75, 3.05) is 22.8 Å². The number of nitrogens with one attached hydrogen (secondary N) is 2. The molecule has 0 bridgehead atoms. The zero-order valence-corrected chi connectivity index (χ0v) is 13.0. The van der Waals surface area contributed by atoms with Gasteiger partial charge in [-0.15, -0.1) is 12.4 Å². The van der Waals surface area contributed by atoms with Crippen molar-refractivity contribution in [3.8, 4) is 0 Å². The minimum absolute atomic E-state index is 0. The lowest BCUT2D eigenvalue weighted by atomic mass is 10.1. The first-order chi connectivity index (χ1) is 9.53. The number of hydrogen-bond donors (Lipinski definition) is 3. The number of amides is 1. The van der Waals surface area contributed by atoms with Crippen molar-refractivity contribution < 1.29 is 26.4 Å². The number of anilines is 2. The number of alkyl halides is 3. The van der Waals surface area contributed by atoms with Crippen LogP contribution in [0.25, 0.3) is 0 Å². The number of sulfonamides is 1. The third-order valence-corrected chi connectivity index (χ3v) is 2.88. The van der Waals surface area contributed by atoms with Crippen LogP contribution in [0.5, 0.6) is 0 Å². The molecule has 0 aliphatic rings. The van der Waals surface area contributed by atoms with Crippen LogP contribution < -0.4 is 15.8 Å². The summed E-state index contributed by atoms with van der Waals surface area (Å²) in [5.41, 5.74) is 3.72. The lowest BCUT2D eigenvalue weighted by Crippen LogP contribution is -2.19. The SMILES string of the molecule is CS(=O)(=O)Nc1ccc(C(F)(F)F)cc1NC(=O)CCN.Cl. The lowest BCUT2D eigenvalue weighted by Gasteiger charge is -2.15. The number of rotatable bonds is 5. The van der Waals surface area contributed by atoms with Crippen LogP contribution in [0.4, 0.5) is 24.5 Å². The van der Waals surface area contributed by atoms with E-state index in [2.05, 4.69) is 5.32 Å². The van der Waals surface area contributed by atoms with Crippen LogP contribution in [0.3, 0.4) is 0 Å². The standard InChI is InChI=1S/C11H14F3N3O3S.ClH/c1-21(19,20)17-8-3-2-7(11(12,13)14)6-9(8)16-10(18)4-5-15;/h2-3,6,17H,4-5,15H2,1H3,(H,16,18);1H. The molecule has 1 aromatic carbocycles. The van der Waals surface area contributed by atoms with Gasteiger partial charge < -0.3 is 11.1 Å². The van der Waals surface area contributed by atoms with Crippen LogP contribution in [0, 0.1) is 0 Å². The predicted octanol–water partition coefficient (Wildman–Crippen LogP) is 1.79. The van der Waals surface area contributed by atoms with E-state index in [4.69, 9.17) is 5.73 Å². The van der Waals surface area contributed by atoms with E-state index in [1.165, 1.54) is 0 Å². The van der Waals surface area contributed by atoms with Crippen molar-refractivity contribution in [2.45, 2.75) is 12.6 Å². The lowest BCUT2D eigenvalue weighted by molar-refractivity contribution is -0.137. The highest BCUT2D eigenvalue weighted by Gasteiger charge is 2.31. The Bertz CT molecular complexity index is 635. The van der Waals surface area contributed by atoms with Gasteiger partial charge in [0.15, 0.2) is 0 Å². The summed E-state index contributed by atoms with van der Waals surface area (Å²) in [7, 11) is -3.70. The molecule has 0 spiro atoms. The molecule has 0 fully saturated rings. The van der Waals surface area contributed by atoms with E-state index >= 15 is 0 Å². The molecule has 0 aliphatic heterocycles. The Hall–Kier alpha value is -1.52. The quantitative estimate of drug-likeness (QED) is 0.744. The van der Waals surface area contributed by atoms with Gasteiger partial charge in [-0.05, 0) is 18.2 Å². The Morgan fingerprint density at radius 2 is 1.86 bits per heavy atom. The molecule has 1 aromatic rings. The van der Waals surface area contributed by atoms with E-state index in [1.807, 2.05) is 4.72 Å². The number of carbonyl (C=O) groups excluding carboxylic acids is 1. The van der Waals surface area contributed by atoms with Gasteiger partial charge in [0, 0.05) is 13.0 Å². The van der Waals surface area contributed by atoms with Crippen LogP contribution in [0.15, 0.2) is 18.2 Å². The molecule has 0 saturated carbocycles. The fourth-order valence-corrected chi connectivity index (χ4v) is 2.03. The Morgan fingerprint density at radius 3 is 2.32 bits per heavy atom. The zero-order valence-electron chi connectivity index (χ0n) is 11.4. The highest BCUT2D eigenvalue weighted by Crippen LogP contribution is 2.34. The number of carbonyl (C=O) groups is 1. The highest BCUT2D eigenvalue weighted by atomic mass is 35.5. The van der Waals surface area contributed by atoms with Gasteiger partial charge in [0.05, 0.1) is 23.2 Å². The fourth-order valence-electron chi connectivity index (χ4n) is 1.46. The van der Waals surface area contributed by atoms with E-state index in [1.54, 1.807) is 0 Å². The maximum Gasteiger partial charge on any atom is 0.416 e. The molecule has 126 valence electrons. The maximum absolute atomic E-state index is 12.7. The molecule has 0 aromatic heterocycles. The normalized spacial score (nSPS) is 11.5. The van der Waals surface area contributed by atoms with Gasteiger partial charge in [0.2, 0.25) is 15.9 Å². The number of halogens is 4. The average molecular weight is 362 g/mol. The van der Waals surface area contributed by atoms with Crippen LogP contribution in [-0.2, 0) is 21.0 Å². The van der Waals surface area contributed by atoms with Crippen molar-refractivity contribution in [1.29, 1.82) is 0 Å². The summed E-state index contributed by atoms with van der Waals surface area (Å²) in [5, 5.41) is 2.20. The summed E-state index contributed by atoms with van der Waals surface area (Å²) in [6.07, 6.45) is -3.87. The number of benzene rings is 1. The largest absolute Gasteiger partial charge is 0.416 e. The molecule has 0 radical (unpaired) electrons. The topological polar surface area (TPSA) is 101 Å². The first-order valence-corrected chi connectivity index (χ1v) is 7.61. The van der Waals surface area contributed by atoms with Crippen LogP contribution >= 0.6 is 12.4 Å². The summed E-state index contributed by atoms with van der Waals surface area (Å²) in [6, 6.07) is 2.30. The molecule has 0 heterocycles. The van der Waals surface area contributed by atoms with E-state index in [0.29, 0.717) is 12.1 Å². The smallest absolute Gasteiger partial charge is 0.330 e. The van der Waals surface area contributed by atoms with E-state index in [0.717, 1.165) is 12.3 Å². The van der Waals surface area contributed by atoms with Gasteiger partial charge >= 0.3 is 6.18 Å². The summed E-state index contributed by atoms with van der Waals surface area (Å²) < 4.78 is 62.3. The average Bonchev–Trinajstić information content (AvgIpc) is 2.28. The Morgan fingerprint density at radius 1 is 1.27 bits per heavy atom. The Labute approximate surface area is 131 Å². The minimum atomic E-state index is -4.61. The highest BCUT2D eigenvalue weighted by molar-refractivity contribution is 7.92. The van der Waals surface area contributed by atoms with Gasteiger partial charge in [0.25, 0.3) is 0 Å². The van der Waals surface area contributed by atoms with Crippen molar-refractivity contribution in [3.63, 3.8) is 0 Å². The molecule has 0 saturated heterocycles. The minimum Gasteiger partial charge on any atom is -0.330 e. The Balaban J connectivity index is 0.00000441. The summed E-state index contributed by atoms with van der Waals surface area (Å²) in [6.45, 7) is 0.0135. The van der Waals surface area contributed by atoms with Crippen LogP contribution in [-0.4, -0.2) is 27.1 Å². The van der Waals surface area contributed by atoms with Crippen molar-refractivity contribution in [1.82, 2.24) is 0 Å². The van der Waals surface area contributed by atoms with Gasteiger partial charge in [-0.1, -0.05) is 0 Å². The molecular weight excluding hydrogens is 347 g/mol. The molecule has 4 N–H and O–H groups in total. The molecule has 6 nitrogen and oxygen atoms in total. The summed E-state index contributed by atoms with van der Waals surface area (Å²) in [4.78, 5) is 11.4. The molecule has 11 heteroatoms. The van der Waals surface area contributed by atoms with Crippen molar-refractivity contribution >= 4 is 39.7 Å². The molecule has 1 amide bonds. The van der Waals surface area contributed by atoms with Gasteiger partial charge in [-0.25, -0.2) is 8.42 Å². The third-order valence-electron chi connectivity index (χ3n) is 2.29. The van der Waals surface area contributed by atoms with Crippen LogP contribution in [0.1, 0.15) is 12.0 Å². The molecular formula is C11H15ClF3N3O3S. The third kappa shape index (κ3) is 6.50. The second kappa shape index (κ2) is 7.65. The Kier molecular flexibility index (Phi) is 7.13. The van der Waals surface area contributed by atoms with Crippen LogP contribution in [0.2, 0.25) is 0 Å². The van der Waals surface area contributed by atoms with Gasteiger partial charge in [0.1, 0.15) is 0 Å². The summed E-state index contributed by atoms with van der Waals surface area (Å²) in [5.74, 6) is -0.617. The molecule has 0 atom stereocenters. The first-order valence-electron chi connectivity index (χ1n) is 5.72. The number of hydrogen-bond acceptors (Lipinski definition) is 4. The second-order valence-electron chi connectivity index (χ2n) is 4.22. The van der Waals surface area contributed by atoms with E-state index in [9.17, 15) is 26.4 Å². The molecule has 22 heavy (non-hydrogen) atoms. The van der Waals surface area contributed by atoms with Gasteiger partial charge in [-0.2, -0.15) is 13.2 Å². The van der Waals surface area contributed by atoms with E-state index < -0.39 is 27.7 Å². The van der Waals surface area contributed by atoms with Gasteiger partial charge in [-0.3, -0.25) is 9.52 Å². The number of nitrogens with two attached hydrogens (primary N) is 1. The monoisotopic (exact) mass is 361 g/mol. The fraction of sp³-hybridized carbons (Fsp3) is 0.364. The summed E-state index contributed by atoms with van der Waals surface area (Å²) >= 11 is 0. The molecule has 1 rings (SSSR count). The van der Waals surface area contributed by atoms with Crippen molar-refractivity contribution in [2.24, 2.45) is 5.73 Å². The second-order valence-corrected chi connectivity index (χ2v) is 5.97. The first kappa shape index (κ1) is 20.5. The van der Waals surface area contributed by atoms with E-state index in [-0.39, 0.29) is 36.7 Å². The molecule has 0 aliphatic carbocycles.